The van der Waals surface area contributed by atoms with Gasteiger partial charge < -0.3 is 0 Å². The Morgan fingerprint density at radius 2 is 2.15 bits per heavy atom. The van der Waals surface area contributed by atoms with Crippen molar-refractivity contribution in [3.63, 3.8) is 0 Å². The maximum atomic E-state index is 4.28. The molecule has 4 atom stereocenters. The zero-order valence-corrected chi connectivity index (χ0v) is 8.59. The number of rotatable bonds is 0. The Bertz CT molecular complexity index is 371. The molecule has 0 aromatic rings. The lowest BCUT2D eigenvalue weighted by Crippen LogP contribution is -2.24. The highest BCUT2D eigenvalue weighted by molar-refractivity contribution is 5.59. The normalized spacial score (nSPS) is 59.0. The van der Waals surface area contributed by atoms with Crippen molar-refractivity contribution in [2.45, 2.75) is 20.8 Å². The maximum absolute atomic E-state index is 4.28. The first-order valence-electron chi connectivity index (χ1n) is 5.12. The highest BCUT2D eigenvalue weighted by Gasteiger charge is 2.74. The Morgan fingerprint density at radius 1 is 1.46 bits per heavy atom. The molecular formula is C13H16. The SMILES string of the molecule is C=C1C2C3C=CC1(C)/C(=C\C)C32C. The molecule has 2 saturated carbocycles. The summed E-state index contributed by atoms with van der Waals surface area (Å²) in [6, 6.07) is 0. The molecule has 4 aliphatic carbocycles. The van der Waals surface area contributed by atoms with Crippen molar-refractivity contribution in [3.05, 3.63) is 36.0 Å². The molecule has 0 radical (unpaired) electrons. The maximum Gasteiger partial charge on any atom is 0.0278 e. The second kappa shape index (κ2) is 1.70. The van der Waals surface area contributed by atoms with E-state index < -0.39 is 0 Å². The topological polar surface area (TPSA) is 0 Å². The molecule has 2 fully saturated rings. The van der Waals surface area contributed by atoms with E-state index in [-0.39, 0.29) is 5.41 Å². The summed E-state index contributed by atoms with van der Waals surface area (Å²) in [6.07, 6.45) is 7.08. The van der Waals surface area contributed by atoms with Gasteiger partial charge in [-0.1, -0.05) is 42.9 Å². The predicted octanol–water partition coefficient (Wildman–Crippen LogP) is 3.33. The van der Waals surface area contributed by atoms with Crippen LogP contribution in [0.25, 0.3) is 0 Å². The third-order valence-corrected chi connectivity index (χ3v) is 4.70. The number of hydrogen-bond acceptors (Lipinski definition) is 0. The summed E-state index contributed by atoms with van der Waals surface area (Å²) >= 11 is 0. The Labute approximate surface area is 80.0 Å². The fourth-order valence-corrected chi connectivity index (χ4v) is 3.94. The van der Waals surface area contributed by atoms with Crippen molar-refractivity contribution in [3.8, 4) is 0 Å². The van der Waals surface area contributed by atoms with Gasteiger partial charge in [0.2, 0.25) is 0 Å². The average Bonchev–Trinajstić information content (AvgIpc) is 2.64. The summed E-state index contributed by atoms with van der Waals surface area (Å²) < 4.78 is 0. The fraction of sp³-hybridized carbons (Fsp3) is 0.538. The van der Waals surface area contributed by atoms with Crippen LogP contribution in [0.5, 0.6) is 0 Å². The molecule has 4 aliphatic rings. The second-order valence-electron chi connectivity index (χ2n) is 5.08. The first-order valence-corrected chi connectivity index (χ1v) is 5.12. The molecule has 0 aromatic carbocycles. The largest absolute Gasteiger partial charge is 0.0983 e. The van der Waals surface area contributed by atoms with E-state index in [0.717, 1.165) is 11.8 Å². The molecule has 13 heavy (non-hydrogen) atoms. The van der Waals surface area contributed by atoms with Crippen molar-refractivity contribution >= 4 is 0 Å². The monoisotopic (exact) mass is 172 g/mol. The van der Waals surface area contributed by atoms with Gasteiger partial charge in [-0.05, 0) is 25.7 Å². The van der Waals surface area contributed by atoms with E-state index in [0.29, 0.717) is 5.41 Å². The van der Waals surface area contributed by atoms with E-state index in [4.69, 9.17) is 0 Å². The second-order valence-corrected chi connectivity index (χ2v) is 5.08. The van der Waals surface area contributed by atoms with Gasteiger partial charge in [-0.2, -0.15) is 0 Å². The van der Waals surface area contributed by atoms with Crippen LogP contribution in [-0.4, -0.2) is 0 Å². The molecule has 68 valence electrons. The van der Waals surface area contributed by atoms with E-state index >= 15 is 0 Å². The average molecular weight is 172 g/mol. The van der Waals surface area contributed by atoms with Crippen molar-refractivity contribution in [2.75, 3.05) is 0 Å². The predicted molar refractivity (Wildman–Crippen MR) is 55.2 cm³/mol. The molecule has 0 nitrogen and oxygen atoms in total. The first-order chi connectivity index (χ1) is 6.06. The van der Waals surface area contributed by atoms with Crippen LogP contribution in [0, 0.1) is 22.7 Å². The molecular weight excluding hydrogens is 156 g/mol. The standard InChI is InChI=1S/C13H16/c1-5-10-12(3)7-6-9-11(8(12)2)13(9,10)4/h5-7,9,11H,2H2,1,3-4H3/b10-5+. The van der Waals surface area contributed by atoms with Gasteiger partial charge >= 0.3 is 0 Å². The summed E-state index contributed by atoms with van der Waals surface area (Å²) in [4.78, 5) is 0. The third-order valence-electron chi connectivity index (χ3n) is 4.70. The zero-order valence-electron chi connectivity index (χ0n) is 8.59. The molecule has 4 bridgehead atoms. The van der Waals surface area contributed by atoms with Gasteiger partial charge in [0.05, 0.1) is 0 Å². The summed E-state index contributed by atoms with van der Waals surface area (Å²) in [6.45, 7) is 11.2. The summed E-state index contributed by atoms with van der Waals surface area (Å²) in [5.41, 5.74) is 3.72. The smallest absolute Gasteiger partial charge is 0.0278 e. The van der Waals surface area contributed by atoms with Gasteiger partial charge in [-0.15, -0.1) is 0 Å². The van der Waals surface area contributed by atoms with Gasteiger partial charge in [-0.3, -0.25) is 0 Å². The van der Waals surface area contributed by atoms with Crippen LogP contribution >= 0.6 is 0 Å². The van der Waals surface area contributed by atoms with Crippen molar-refractivity contribution in [1.29, 1.82) is 0 Å². The van der Waals surface area contributed by atoms with E-state index in [9.17, 15) is 0 Å². The molecule has 4 unspecified atom stereocenters. The van der Waals surface area contributed by atoms with Crippen molar-refractivity contribution in [1.82, 2.24) is 0 Å². The van der Waals surface area contributed by atoms with Gasteiger partial charge in [0, 0.05) is 10.8 Å². The molecule has 4 rings (SSSR count). The molecule has 0 spiro atoms. The molecule has 0 heteroatoms. The minimum Gasteiger partial charge on any atom is -0.0983 e. The number of hydrogen-bond donors (Lipinski definition) is 0. The third kappa shape index (κ3) is 0.511. The van der Waals surface area contributed by atoms with E-state index in [2.05, 4.69) is 45.6 Å². The molecule has 0 heterocycles. The van der Waals surface area contributed by atoms with Crippen LogP contribution in [0.3, 0.4) is 0 Å². The Hall–Kier alpha value is -0.780. The zero-order chi connectivity index (χ0) is 9.43. The van der Waals surface area contributed by atoms with Crippen LogP contribution in [0.4, 0.5) is 0 Å². The van der Waals surface area contributed by atoms with Gasteiger partial charge in [-0.25, -0.2) is 0 Å². The van der Waals surface area contributed by atoms with Crippen LogP contribution < -0.4 is 0 Å². The minimum absolute atomic E-state index is 0.197. The summed E-state index contributed by atoms with van der Waals surface area (Å²) in [5, 5.41) is 0. The fourth-order valence-electron chi connectivity index (χ4n) is 3.94. The Morgan fingerprint density at radius 3 is 2.54 bits per heavy atom. The van der Waals surface area contributed by atoms with Crippen molar-refractivity contribution in [2.24, 2.45) is 22.7 Å². The van der Waals surface area contributed by atoms with Gasteiger partial charge in [0.1, 0.15) is 0 Å². The van der Waals surface area contributed by atoms with Gasteiger partial charge in [0.25, 0.3) is 0 Å². The molecule has 0 aromatic heterocycles. The molecule has 0 amide bonds. The Kier molecular flexibility index (Phi) is 0.998. The lowest BCUT2D eigenvalue weighted by Gasteiger charge is -2.34. The van der Waals surface area contributed by atoms with Crippen LogP contribution in [-0.2, 0) is 0 Å². The molecule has 0 saturated heterocycles. The first kappa shape index (κ1) is 7.61. The lowest BCUT2D eigenvalue weighted by atomic mass is 9.70. The number of allylic oxidation sites excluding steroid dienone is 5. The van der Waals surface area contributed by atoms with Crippen LogP contribution in [0.15, 0.2) is 36.0 Å². The molecule has 0 N–H and O–H groups in total. The van der Waals surface area contributed by atoms with E-state index in [1.54, 1.807) is 5.57 Å². The Balaban J connectivity index is 2.32. The summed E-state index contributed by atoms with van der Waals surface area (Å²) in [7, 11) is 0. The quantitative estimate of drug-likeness (QED) is 0.492. The minimum atomic E-state index is 0.197. The highest BCUT2D eigenvalue weighted by Crippen LogP contribution is 2.80. The van der Waals surface area contributed by atoms with Crippen LogP contribution in [0.2, 0.25) is 0 Å². The summed E-state index contributed by atoms with van der Waals surface area (Å²) in [5.74, 6) is 1.53. The van der Waals surface area contributed by atoms with E-state index in [1.807, 2.05) is 0 Å². The van der Waals surface area contributed by atoms with Gasteiger partial charge in [0.15, 0.2) is 0 Å². The van der Waals surface area contributed by atoms with Crippen molar-refractivity contribution < 1.29 is 0 Å². The highest BCUT2D eigenvalue weighted by atomic mass is 14.8. The van der Waals surface area contributed by atoms with E-state index in [1.165, 1.54) is 5.57 Å². The van der Waals surface area contributed by atoms with Crippen LogP contribution in [0.1, 0.15) is 20.8 Å². The lowest BCUT2D eigenvalue weighted by molar-refractivity contribution is 0.499. The molecule has 0 aliphatic heterocycles.